The van der Waals surface area contributed by atoms with Crippen LogP contribution < -0.4 is 5.32 Å². The van der Waals surface area contributed by atoms with Gasteiger partial charge in [0, 0.05) is 11.1 Å². The highest BCUT2D eigenvalue weighted by molar-refractivity contribution is 6.01. The number of hydrogen-bond acceptors (Lipinski definition) is 2. The van der Waals surface area contributed by atoms with Crippen LogP contribution in [0.4, 0.5) is 5.69 Å². The largest absolute Gasteiger partial charge is 0.477 e. The van der Waals surface area contributed by atoms with Crippen LogP contribution in [-0.4, -0.2) is 22.0 Å². The smallest absolute Gasteiger partial charge is 0.354 e. The van der Waals surface area contributed by atoms with Gasteiger partial charge in [0.05, 0.1) is 5.69 Å². The van der Waals surface area contributed by atoms with Crippen molar-refractivity contribution < 1.29 is 14.7 Å². The normalized spacial score (nSPS) is 11.3. The standard InChI is InChI=1S/C12H18N2O3/c1-5-12(3,4)11(17)14-8-6-7(2)13-9(8)10(15)16/h6,13H,5H2,1-4H3,(H,14,17)(H,15,16). The van der Waals surface area contributed by atoms with E-state index in [-0.39, 0.29) is 11.6 Å². The summed E-state index contributed by atoms with van der Waals surface area (Å²) in [6.07, 6.45) is 0.685. The van der Waals surface area contributed by atoms with Crippen LogP contribution in [-0.2, 0) is 4.79 Å². The van der Waals surface area contributed by atoms with Gasteiger partial charge in [-0.25, -0.2) is 4.79 Å². The van der Waals surface area contributed by atoms with Gasteiger partial charge >= 0.3 is 5.97 Å². The highest BCUT2D eigenvalue weighted by atomic mass is 16.4. The maximum Gasteiger partial charge on any atom is 0.354 e. The number of carboxylic acid groups (broad SMARTS) is 1. The Bertz CT molecular complexity index is 447. The summed E-state index contributed by atoms with van der Waals surface area (Å²) in [6, 6.07) is 1.62. The molecule has 94 valence electrons. The molecule has 1 aromatic rings. The lowest BCUT2D eigenvalue weighted by atomic mass is 9.89. The van der Waals surface area contributed by atoms with Crippen LogP contribution in [0.3, 0.4) is 0 Å². The molecule has 0 aliphatic rings. The summed E-state index contributed by atoms with van der Waals surface area (Å²) in [5, 5.41) is 11.6. The Morgan fingerprint density at radius 2 is 2.06 bits per heavy atom. The lowest BCUT2D eigenvalue weighted by Gasteiger charge is -2.21. The molecule has 0 unspecified atom stereocenters. The third-order valence-electron chi connectivity index (χ3n) is 2.91. The number of aromatic carboxylic acids is 1. The fourth-order valence-corrected chi connectivity index (χ4v) is 1.31. The SMILES string of the molecule is CCC(C)(C)C(=O)Nc1cc(C)[nH]c1C(=O)O. The van der Waals surface area contributed by atoms with Gasteiger partial charge in [-0.3, -0.25) is 4.79 Å². The topological polar surface area (TPSA) is 82.2 Å². The first-order valence-corrected chi connectivity index (χ1v) is 5.52. The number of carbonyl (C=O) groups excluding carboxylic acids is 1. The van der Waals surface area contributed by atoms with E-state index >= 15 is 0 Å². The first-order valence-electron chi connectivity index (χ1n) is 5.52. The lowest BCUT2D eigenvalue weighted by molar-refractivity contribution is -0.124. The maximum atomic E-state index is 11.9. The molecule has 5 heteroatoms. The van der Waals surface area contributed by atoms with E-state index in [0.717, 1.165) is 0 Å². The minimum atomic E-state index is -1.08. The van der Waals surface area contributed by atoms with Crippen molar-refractivity contribution in [2.75, 3.05) is 5.32 Å². The van der Waals surface area contributed by atoms with Gasteiger partial charge in [-0.15, -0.1) is 0 Å². The first kappa shape index (κ1) is 13.3. The molecule has 0 saturated heterocycles. The molecule has 0 aromatic carbocycles. The fourth-order valence-electron chi connectivity index (χ4n) is 1.31. The number of H-pyrrole nitrogens is 1. The van der Waals surface area contributed by atoms with Crippen molar-refractivity contribution in [1.29, 1.82) is 0 Å². The second kappa shape index (κ2) is 4.61. The van der Waals surface area contributed by atoms with Crippen LogP contribution >= 0.6 is 0 Å². The molecule has 0 spiro atoms. The van der Waals surface area contributed by atoms with E-state index in [1.165, 1.54) is 0 Å². The van der Waals surface area contributed by atoms with Crippen LogP contribution in [0.15, 0.2) is 6.07 Å². The third-order valence-corrected chi connectivity index (χ3v) is 2.91. The van der Waals surface area contributed by atoms with Gasteiger partial charge in [0.15, 0.2) is 0 Å². The number of amides is 1. The van der Waals surface area contributed by atoms with E-state index < -0.39 is 11.4 Å². The number of rotatable bonds is 4. The Kier molecular flexibility index (Phi) is 3.60. The van der Waals surface area contributed by atoms with Crippen LogP contribution in [0.5, 0.6) is 0 Å². The number of carboxylic acids is 1. The molecule has 0 fully saturated rings. The Hall–Kier alpha value is -1.78. The average molecular weight is 238 g/mol. The Balaban J connectivity index is 2.96. The average Bonchev–Trinajstić information content (AvgIpc) is 2.59. The van der Waals surface area contributed by atoms with Crippen molar-refractivity contribution in [2.24, 2.45) is 5.41 Å². The van der Waals surface area contributed by atoms with Crippen molar-refractivity contribution in [2.45, 2.75) is 34.1 Å². The molecular weight excluding hydrogens is 220 g/mol. The number of nitrogens with one attached hydrogen (secondary N) is 2. The van der Waals surface area contributed by atoms with Crippen LogP contribution in [0.1, 0.15) is 43.4 Å². The predicted octanol–water partition coefficient (Wildman–Crippen LogP) is 2.40. The highest BCUT2D eigenvalue weighted by Gasteiger charge is 2.27. The van der Waals surface area contributed by atoms with E-state index in [9.17, 15) is 9.59 Å². The quantitative estimate of drug-likeness (QED) is 0.753. The molecular formula is C12H18N2O3. The summed E-state index contributed by atoms with van der Waals surface area (Å²) in [4.78, 5) is 25.6. The molecule has 17 heavy (non-hydrogen) atoms. The predicted molar refractivity (Wildman–Crippen MR) is 65.2 cm³/mol. The molecule has 5 nitrogen and oxygen atoms in total. The molecule has 1 heterocycles. The lowest BCUT2D eigenvalue weighted by Crippen LogP contribution is -2.30. The highest BCUT2D eigenvalue weighted by Crippen LogP contribution is 2.24. The van der Waals surface area contributed by atoms with Gasteiger partial charge in [0.25, 0.3) is 0 Å². The zero-order valence-electron chi connectivity index (χ0n) is 10.5. The molecule has 3 N–H and O–H groups in total. The number of hydrogen-bond donors (Lipinski definition) is 3. The molecule has 0 saturated carbocycles. The van der Waals surface area contributed by atoms with Gasteiger partial charge < -0.3 is 15.4 Å². The second-order valence-electron chi connectivity index (χ2n) is 4.74. The number of aryl methyl sites for hydroxylation is 1. The number of aromatic nitrogens is 1. The van der Waals surface area contributed by atoms with Gasteiger partial charge in [-0.05, 0) is 19.4 Å². The minimum Gasteiger partial charge on any atom is -0.477 e. The summed E-state index contributed by atoms with van der Waals surface area (Å²) in [5.74, 6) is -1.26. The molecule has 1 rings (SSSR count). The summed E-state index contributed by atoms with van der Waals surface area (Å²) in [7, 11) is 0. The summed E-state index contributed by atoms with van der Waals surface area (Å²) in [6.45, 7) is 7.30. The van der Waals surface area contributed by atoms with Crippen molar-refractivity contribution in [3.05, 3.63) is 17.5 Å². The third kappa shape index (κ3) is 2.87. The van der Waals surface area contributed by atoms with Gasteiger partial charge in [-0.2, -0.15) is 0 Å². The van der Waals surface area contributed by atoms with E-state index in [1.807, 2.05) is 20.8 Å². The monoisotopic (exact) mass is 238 g/mol. The van der Waals surface area contributed by atoms with Crippen LogP contribution in [0.25, 0.3) is 0 Å². The molecule has 0 aliphatic carbocycles. The molecule has 0 atom stereocenters. The van der Waals surface area contributed by atoms with Crippen molar-refractivity contribution >= 4 is 17.6 Å². The van der Waals surface area contributed by atoms with Crippen LogP contribution in [0.2, 0.25) is 0 Å². The molecule has 1 amide bonds. The minimum absolute atomic E-state index is 0.0164. The number of carbonyl (C=O) groups is 2. The van der Waals surface area contributed by atoms with Gasteiger partial charge in [0.2, 0.25) is 5.91 Å². The van der Waals surface area contributed by atoms with E-state index in [0.29, 0.717) is 17.8 Å². The summed E-state index contributed by atoms with van der Waals surface area (Å²) in [5.41, 5.74) is 0.525. The summed E-state index contributed by atoms with van der Waals surface area (Å²) >= 11 is 0. The number of anilines is 1. The van der Waals surface area contributed by atoms with E-state index in [2.05, 4.69) is 10.3 Å². The number of aromatic amines is 1. The fraction of sp³-hybridized carbons (Fsp3) is 0.500. The molecule has 0 aliphatic heterocycles. The van der Waals surface area contributed by atoms with E-state index in [4.69, 9.17) is 5.11 Å². The first-order chi connectivity index (χ1) is 7.77. The van der Waals surface area contributed by atoms with Crippen molar-refractivity contribution in [3.8, 4) is 0 Å². The second-order valence-corrected chi connectivity index (χ2v) is 4.74. The van der Waals surface area contributed by atoms with Crippen molar-refractivity contribution in [1.82, 2.24) is 4.98 Å². The van der Waals surface area contributed by atoms with E-state index in [1.54, 1.807) is 13.0 Å². The zero-order chi connectivity index (χ0) is 13.2. The Morgan fingerprint density at radius 3 is 2.53 bits per heavy atom. The Morgan fingerprint density at radius 1 is 1.47 bits per heavy atom. The molecule has 0 bridgehead atoms. The van der Waals surface area contributed by atoms with Gasteiger partial charge in [0.1, 0.15) is 5.69 Å². The molecule has 0 radical (unpaired) electrons. The summed E-state index contributed by atoms with van der Waals surface area (Å²) < 4.78 is 0. The Labute approximate surface area is 100 Å². The van der Waals surface area contributed by atoms with Crippen LogP contribution in [0, 0.1) is 12.3 Å². The molecule has 1 aromatic heterocycles. The van der Waals surface area contributed by atoms with Crippen molar-refractivity contribution in [3.63, 3.8) is 0 Å². The van der Waals surface area contributed by atoms with Gasteiger partial charge in [-0.1, -0.05) is 20.8 Å². The maximum absolute atomic E-state index is 11.9. The zero-order valence-corrected chi connectivity index (χ0v) is 10.5.